The molecule has 0 amide bonds. The van der Waals surface area contributed by atoms with Gasteiger partial charge in [0.05, 0.1) is 0 Å². The van der Waals surface area contributed by atoms with E-state index in [0.717, 1.165) is 12.5 Å². The maximum atomic E-state index is 3.27. The number of likely N-dealkylation sites (N-methyl/N-ethyl adjacent to an activating group) is 1. The third-order valence-corrected chi connectivity index (χ3v) is 3.86. The number of hydrogen-bond donors (Lipinski definition) is 1. The molecule has 0 aromatic carbocycles. The molecule has 1 heterocycles. The van der Waals surface area contributed by atoms with Crippen molar-refractivity contribution in [2.75, 3.05) is 13.6 Å². The highest BCUT2D eigenvalue weighted by Crippen LogP contribution is 2.38. The van der Waals surface area contributed by atoms with E-state index in [2.05, 4.69) is 17.6 Å². The van der Waals surface area contributed by atoms with Crippen LogP contribution in [0.15, 0.2) is 5.38 Å². The predicted octanol–water partition coefficient (Wildman–Crippen LogP) is 2.31. The fraction of sp³-hybridized carbons (Fsp3) is 0.600. The average Bonchev–Trinajstić information content (AvgIpc) is 2.58. The van der Waals surface area contributed by atoms with Crippen LogP contribution >= 0.6 is 11.3 Å². The molecule has 0 saturated heterocycles. The molecule has 1 aliphatic carbocycles. The first-order valence-electron chi connectivity index (χ1n) is 4.54. The number of aryl methyl sites for hydroxylation is 2. The van der Waals surface area contributed by atoms with Crippen molar-refractivity contribution in [2.24, 2.45) is 0 Å². The molecule has 2 heteroatoms. The lowest BCUT2D eigenvalue weighted by molar-refractivity contribution is 0.621. The van der Waals surface area contributed by atoms with Gasteiger partial charge in [-0.3, -0.25) is 0 Å². The molecule has 1 atom stereocenters. The topological polar surface area (TPSA) is 12.0 Å². The lowest BCUT2D eigenvalue weighted by Crippen LogP contribution is -2.15. The molecule has 0 aliphatic heterocycles. The van der Waals surface area contributed by atoms with E-state index < -0.39 is 0 Å². The van der Waals surface area contributed by atoms with E-state index in [1.54, 1.807) is 10.4 Å². The first-order valence-corrected chi connectivity index (χ1v) is 5.42. The van der Waals surface area contributed by atoms with Crippen LogP contribution in [0.25, 0.3) is 0 Å². The molecule has 0 spiro atoms. The van der Waals surface area contributed by atoms with Gasteiger partial charge in [0, 0.05) is 11.4 Å². The number of rotatable bonds is 2. The molecule has 0 saturated carbocycles. The second-order valence-electron chi connectivity index (χ2n) is 3.55. The summed E-state index contributed by atoms with van der Waals surface area (Å²) in [6, 6.07) is 0. The van der Waals surface area contributed by atoms with Crippen molar-refractivity contribution in [3.8, 4) is 0 Å². The highest BCUT2D eigenvalue weighted by Gasteiger charge is 2.24. The van der Waals surface area contributed by atoms with Gasteiger partial charge in [0.25, 0.3) is 0 Å². The summed E-state index contributed by atoms with van der Waals surface area (Å²) in [5, 5.41) is 5.57. The van der Waals surface area contributed by atoms with Crippen molar-refractivity contribution in [2.45, 2.75) is 25.7 Å². The summed E-state index contributed by atoms with van der Waals surface area (Å²) in [7, 11) is 2.04. The lowest BCUT2D eigenvalue weighted by atomic mass is 10.0. The molecule has 66 valence electrons. The average molecular weight is 181 g/mol. The lowest BCUT2D eigenvalue weighted by Gasteiger charge is -2.09. The van der Waals surface area contributed by atoms with Crippen molar-refractivity contribution < 1.29 is 0 Å². The third-order valence-electron chi connectivity index (χ3n) is 2.68. The van der Waals surface area contributed by atoms with Gasteiger partial charge in [0.1, 0.15) is 0 Å². The van der Waals surface area contributed by atoms with E-state index in [4.69, 9.17) is 0 Å². The number of fused-ring (bicyclic) bond motifs is 1. The van der Waals surface area contributed by atoms with Crippen LogP contribution in [0.5, 0.6) is 0 Å². The number of thiophene rings is 1. The summed E-state index contributed by atoms with van der Waals surface area (Å²) in [6.45, 7) is 3.38. The molecule has 1 N–H and O–H groups in total. The van der Waals surface area contributed by atoms with Crippen LogP contribution in [0.4, 0.5) is 0 Å². The fourth-order valence-corrected chi connectivity index (χ4v) is 3.29. The summed E-state index contributed by atoms with van der Waals surface area (Å²) >= 11 is 1.94. The van der Waals surface area contributed by atoms with Gasteiger partial charge in [-0.2, -0.15) is 0 Å². The van der Waals surface area contributed by atoms with Crippen molar-refractivity contribution in [1.82, 2.24) is 5.32 Å². The van der Waals surface area contributed by atoms with Crippen LogP contribution < -0.4 is 5.32 Å². The molecule has 1 aromatic heterocycles. The molecule has 0 fully saturated rings. The summed E-state index contributed by atoms with van der Waals surface area (Å²) in [4.78, 5) is 1.63. The van der Waals surface area contributed by atoms with Crippen LogP contribution in [0.3, 0.4) is 0 Å². The maximum absolute atomic E-state index is 3.27. The Balaban J connectivity index is 2.27. The fourth-order valence-electron chi connectivity index (χ4n) is 2.15. The summed E-state index contributed by atoms with van der Waals surface area (Å²) in [5.74, 6) is 0.788. The minimum atomic E-state index is 0.788. The Bertz CT molecular complexity index is 277. The molecule has 0 radical (unpaired) electrons. The van der Waals surface area contributed by atoms with E-state index in [9.17, 15) is 0 Å². The normalized spacial score (nSPS) is 21.3. The summed E-state index contributed by atoms with van der Waals surface area (Å²) in [6.07, 6.45) is 2.66. The van der Waals surface area contributed by atoms with E-state index >= 15 is 0 Å². The molecule has 2 rings (SSSR count). The van der Waals surface area contributed by atoms with E-state index in [0.29, 0.717) is 0 Å². The molecule has 0 bridgehead atoms. The first-order chi connectivity index (χ1) is 5.83. The van der Waals surface area contributed by atoms with Gasteiger partial charge in [0.15, 0.2) is 0 Å². The standard InChI is InChI=1S/C10H15NS/c1-7-6-12-9-4-3-8(5-11-2)10(7)9/h6,8,11H,3-5H2,1-2H3/t8-/m1/s1. The number of hydrogen-bond acceptors (Lipinski definition) is 2. The van der Waals surface area contributed by atoms with Crippen LogP contribution in [0.2, 0.25) is 0 Å². The Hall–Kier alpha value is -0.340. The Morgan fingerprint density at radius 1 is 1.67 bits per heavy atom. The third kappa shape index (κ3) is 1.19. The zero-order valence-corrected chi connectivity index (χ0v) is 8.50. The van der Waals surface area contributed by atoms with E-state index in [1.807, 2.05) is 18.4 Å². The van der Waals surface area contributed by atoms with Crippen LogP contribution in [-0.4, -0.2) is 13.6 Å². The zero-order valence-electron chi connectivity index (χ0n) is 7.68. The largest absolute Gasteiger partial charge is 0.319 e. The Morgan fingerprint density at radius 2 is 2.50 bits per heavy atom. The molecular weight excluding hydrogens is 166 g/mol. The SMILES string of the molecule is CNC[C@H]1CCc2scc(C)c21. The van der Waals surface area contributed by atoms with Crippen LogP contribution in [0, 0.1) is 6.92 Å². The van der Waals surface area contributed by atoms with Crippen molar-refractivity contribution in [1.29, 1.82) is 0 Å². The van der Waals surface area contributed by atoms with Crippen LogP contribution in [0.1, 0.15) is 28.3 Å². The highest BCUT2D eigenvalue weighted by atomic mass is 32.1. The van der Waals surface area contributed by atoms with Gasteiger partial charge in [-0.1, -0.05) is 0 Å². The summed E-state index contributed by atoms with van der Waals surface area (Å²) < 4.78 is 0. The monoisotopic (exact) mass is 181 g/mol. The second-order valence-corrected chi connectivity index (χ2v) is 4.51. The molecule has 0 unspecified atom stereocenters. The van der Waals surface area contributed by atoms with Gasteiger partial charge >= 0.3 is 0 Å². The van der Waals surface area contributed by atoms with E-state index in [1.165, 1.54) is 18.4 Å². The Labute approximate surface area is 77.8 Å². The smallest absolute Gasteiger partial charge is 0.00834 e. The molecule has 1 aliphatic rings. The summed E-state index contributed by atoms with van der Waals surface area (Å²) in [5.41, 5.74) is 3.15. The molecule has 1 nitrogen and oxygen atoms in total. The van der Waals surface area contributed by atoms with Crippen molar-refractivity contribution in [3.63, 3.8) is 0 Å². The van der Waals surface area contributed by atoms with Gasteiger partial charge in [-0.25, -0.2) is 0 Å². The Kier molecular flexibility index (Phi) is 2.20. The number of nitrogens with one attached hydrogen (secondary N) is 1. The minimum absolute atomic E-state index is 0.788. The first kappa shape index (κ1) is 8.27. The van der Waals surface area contributed by atoms with Gasteiger partial charge < -0.3 is 5.32 Å². The van der Waals surface area contributed by atoms with Gasteiger partial charge in [-0.15, -0.1) is 11.3 Å². The molecular formula is C10H15NS. The van der Waals surface area contributed by atoms with Crippen molar-refractivity contribution in [3.05, 3.63) is 21.4 Å². The second kappa shape index (κ2) is 3.19. The molecule has 1 aromatic rings. The maximum Gasteiger partial charge on any atom is 0.00834 e. The predicted molar refractivity (Wildman–Crippen MR) is 54.0 cm³/mol. The van der Waals surface area contributed by atoms with Gasteiger partial charge in [0.2, 0.25) is 0 Å². The quantitative estimate of drug-likeness (QED) is 0.738. The minimum Gasteiger partial charge on any atom is -0.319 e. The van der Waals surface area contributed by atoms with Crippen LogP contribution in [-0.2, 0) is 6.42 Å². The van der Waals surface area contributed by atoms with E-state index in [-0.39, 0.29) is 0 Å². The Morgan fingerprint density at radius 3 is 3.25 bits per heavy atom. The molecule has 12 heavy (non-hydrogen) atoms. The highest BCUT2D eigenvalue weighted by molar-refractivity contribution is 7.10. The zero-order chi connectivity index (χ0) is 8.55. The van der Waals surface area contributed by atoms with Crippen molar-refractivity contribution >= 4 is 11.3 Å². The van der Waals surface area contributed by atoms with Gasteiger partial charge in [-0.05, 0) is 49.2 Å².